The fourth-order valence-electron chi connectivity index (χ4n) is 9.93. The van der Waals surface area contributed by atoms with Crippen LogP contribution in [0.4, 0.5) is 11.4 Å². The Morgan fingerprint density at radius 2 is 1.64 bits per heavy atom. The molecule has 5 N–H and O–H groups in total. The van der Waals surface area contributed by atoms with E-state index in [0.29, 0.717) is 25.1 Å². The van der Waals surface area contributed by atoms with Crippen LogP contribution in [0.1, 0.15) is 88.7 Å². The van der Waals surface area contributed by atoms with Gasteiger partial charge < -0.3 is 50.4 Å². The Balaban J connectivity index is 0.765. The first-order valence-corrected chi connectivity index (χ1v) is 29.1. The lowest BCUT2D eigenvalue weighted by atomic mass is 9.69. The largest absolute Gasteiger partial charge is 0.389 e. The third-order valence-corrected chi connectivity index (χ3v) is 16.9. The first-order valence-electron chi connectivity index (χ1n) is 26.3. The van der Waals surface area contributed by atoms with E-state index in [9.17, 15) is 32.7 Å². The van der Waals surface area contributed by atoms with Crippen molar-refractivity contribution >= 4 is 68.2 Å². The number of carbonyl (C=O) groups is 4. The lowest BCUT2D eigenvalue weighted by Crippen LogP contribution is -2.59. The van der Waals surface area contributed by atoms with Gasteiger partial charge in [0.1, 0.15) is 18.4 Å². The van der Waals surface area contributed by atoms with E-state index in [1.807, 2.05) is 86.8 Å². The lowest BCUT2D eigenvalue weighted by molar-refractivity contribution is -0.134. The van der Waals surface area contributed by atoms with Gasteiger partial charge in [0, 0.05) is 67.8 Å². The number of aldehydes is 1. The van der Waals surface area contributed by atoms with Crippen molar-refractivity contribution in [2.45, 2.75) is 101 Å². The zero-order valence-corrected chi connectivity index (χ0v) is 46.8. The summed E-state index contributed by atoms with van der Waals surface area (Å²) in [5.41, 5.74) is 7.91. The van der Waals surface area contributed by atoms with Gasteiger partial charge in [-0.3, -0.25) is 19.4 Å². The molecule has 3 aromatic rings. The predicted molar refractivity (Wildman–Crippen MR) is 305 cm³/mol. The minimum Gasteiger partial charge on any atom is -0.389 e. The van der Waals surface area contributed by atoms with E-state index < -0.39 is 38.7 Å². The zero-order chi connectivity index (χ0) is 55.3. The molecule has 3 amide bonds. The second-order valence-electron chi connectivity index (χ2n) is 21.4. The van der Waals surface area contributed by atoms with Gasteiger partial charge in [-0.15, -0.1) is 11.8 Å². The highest BCUT2D eigenvalue weighted by molar-refractivity contribution is 8.12. The molecule has 3 aromatic carbocycles. The Morgan fingerprint density at radius 3 is 2.29 bits per heavy atom. The molecule has 0 saturated carbocycles. The first kappa shape index (κ1) is 58.4. The van der Waals surface area contributed by atoms with Gasteiger partial charge in [-0.25, -0.2) is 8.42 Å². The summed E-state index contributed by atoms with van der Waals surface area (Å²) in [7, 11) is -3.30. The number of hydrogen-bond donors (Lipinski definition) is 5. The quantitative estimate of drug-likeness (QED) is 0.0329. The normalized spacial score (nSPS) is 20.8. The van der Waals surface area contributed by atoms with Gasteiger partial charge in [-0.05, 0) is 116 Å². The number of carbonyl (C=O) groups excluding carboxylic acids is 4. The number of thioether (sulfide) groups is 1. The number of nitrogens with one attached hydrogen (secondary N) is 4. The monoisotopic (exact) mass is 1090 g/mol. The molecule has 18 heteroatoms. The molecule has 1 aliphatic carbocycles. The number of aliphatic imine (C=N–C) groups is 1. The average molecular weight is 1090 g/mol. The number of ether oxygens (including phenoxy) is 2. The summed E-state index contributed by atoms with van der Waals surface area (Å²) in [6.07, 6.45) is 12.9. The first-order chi connectivity index (χ1) is 36.7. The van der Waals surface area contributed by atoms with Crippen LogP contribution in [-0.2, 0) is 45.0 Å². The highest BCUT2D eigenvalue weighted by Gasteiger charge is 2.46. The molecule has 1 saturated heterocycles. The number of allylic oxidation sites excluding steroid dienone is 4. The van der Waals surface area contributed by atoms with E-state index in [1.54, 1.807) is 42.1 Å². The van der Waals surface area contributed by atoms with E-state index in [1.165, 1.54) is 11.8 Å². The molecule has 1 fully saturated rings. The smallest absolute Gasteiger partial charge is 0.246 e. The summed E-state index contributed by atoms with van der Waals surface area (Å²) in [5, 5.41) is 23.3. The van der Waals surface area contributed by atoms with Gasteiger partial charge in [0.25, 0.3) is 0 Å². The molecule has 7 rings (SSSR count). The highest BCUT2D eigenvalue weighted by atomic mass is 32.2. The summed E-state index contributed by atoms with van der Waals surface area (Å²) < 4.78 is 35.3. The van der Waals surface area contributed by atoms with Gasteiger partial charge >= 0.3 is 0 Å². The Hall–Kier alpha value is -6.31. The van der Waals surface area contributed by atoms with Crippen LogP contribution in [0.25, 0.3) is 5.70 Å². The fraction of sp³-hybridized carbons (Fsp3) is 0.441. The molecular weight excluding hydrogens is 1010 g/mol. The SMILES string of the molecule is C=C1C=CC=C(c2ccc(S(C)(=O)=O)cc2)N1/C=C(\C)Nc1ccc(N2CCC(CC(=O)NCCOCCOCC(=O)NC(C=O)(CC3=CC(O)CC3C(=O)NCc3ccc(C4SC=NC4C)cc3)C(C)(C)C)CC2)cc1. The topological polar surface area (TPSA) is 208 Å². The van der Waals surface area contributed by atoms with Crippen molar-refractivity contribution in [3.63, 3.8) is 0 Å². The number of aliphatic hydroxyl groups is 1. The van der Waals surface area contributed by atoms with Gasteiger partial charge in [0.15, 0.2) is 9.84 Å². The van der Waals surface area contributed by atoms with E-state index in [-0.39, 0.29) is 73.2 Å². The molecule has 3 heterocycles. The Morgan fingerprint density at radius 1 is 0.935 bits per heavy atom. The molecule has 412 valence electrons. The van der Waals surface area contributed by atoms with E-state index in [2.05, 4.69) is 68.9 Å². The third kappa shape index (κ3) is 15.9. The van der Waals surface area contributed by atoms with Gasteiger partial charge in [0.05, 0.1) is 59.3 Å². The number of anilines is 2. The molecular formula is C59H75N7O9S2. The Kier molecular flexibility index (Phi) is 20.0. The van der Waals surface area contributed by atoms with Crippen LogP contribution in [-0.4, -0.2) is 118 Å². The Bertz CT molecular complexity index is 2850. The van der Waals surface area contributed by atoms with Crippen molar-refractivity contribution < 1.29 is 42.2 Å². The molecule has 0 radical (unpaired) electrons. The third-order valence-electron chi connectivity index (χ3n) is 14.6. The van der Waals surface area contributed by atoms with Crippen LogP contribution in [0, 0.1) is 17.3 Å². The zero-order valence-electron chi connectivity index (χ0n) is 45.1. The second kappa shape index (κ2) is 26.4. The van der Waals surface area contributed by atoms with Crippen LogP contribution in [0.2, 0.25) is 0 Å². The predicted octanol–water partition coefficient (Wildman–Crippen LogP) is 7.86. The van der Waals surface area contributed by atoms with E-state index >= 15 is 0 Å². The minimum absolute atomic E-state index is 0.0202. The lowest BCUT2D eigenvalue weighted by Gasteiger charge is -2.42. The van der Waals surface area contributed by atoms with Gasteiger partial charge in [0.2, 0.25) is 17.7 Å². The molecule has 16 nitrogen and oxygen atoms in total. The second-order valence-corrected chi connectivity index (χ2v) is 24.4. The molecule has 0 spiro atoms. The number of nitrogens with zero attached hydrogens (tertiary/aromatic N) is 3. The highest BCUT2D eigenvalue weighted by Crippen LogP contribution is 2.40. The number of piperidine rings is 1. The molecule has 5 unspecified atom stereocenters. The fourth-order valence-corrected chi connectivity index (χ4v) is 11.6. The van der Waals surface area contributed by atoms with Crippen molar-refractivity contribution in [1.82, 2.24) is 20.9 Å². The molecule has 77 heavy (non-hydrogen) atoms. The number of amides is 3. The van der Waals surface area contributed by atoms with Crippen molar-refractivity contribution in [2.24, 2.45) is 22.2 Å². The standard InChI is InChI=1S/C59H75N7O9S2/c1-40(36-66-41(2)9-8-10-53(66)45-15-21-51(22-16-45)77(7,72)73)63-48-17-19-49(20-18-48)65-26-23-43(24-27-65)31-54(69)60-25-28-74-29-30-75-37-55(70)64-59(38-67,58(4,5)6)34-47-32-50(68)33-52(47)57(71)61-35-44-11-13-46(14-12-44)56-42(3)62-39-76-56/h8-22,32,36,38-39,42-43,50,52,56,63,68H,2,23-31,33-35,37H2,1,3-7H3,(H,60,69)(H,61,71)(H,64,70)/b40-36+. The summed E-state index contributed by atoms with van der Waals surface area (Å²) in [4.78, 5) is 61.6. The maximum Gasteiger partial charge on any atom is 0.246 e. The maximum atomic E-state index is 13.6. The Labute approximate surface area is 458 Å². The van der Waals surface area contributed by atoms with Crippen molar-refractivity contribution in [3.05, 3.63) is 144 Å². The molecule has 0 aromatic heterocycles. The number of aliphatic hydroxyl groups excluding tert-OH is 1. The van der Waals surface area contributed by atoms with Crippen LogP contribution in [0.5, 0.6) is 0 Å². The van der Waals surface area contributed by atoms with Crippen LogP contribution >= 0.6 is 11.8 Å². The number of rotatable bonds is 24. The summed E-state index contributed by atoms with van der Waals surface area (Å²) in [6, 6.07) is 23.5. The molecule has 5 atom stereocenters. The van der Waals surface area contributed by atoms with Crippen molar-refractivity contribution in [3.8, 4) is 0 Å². The minimum atomic E-state index is -3.30. The van der Waals surface area contributed by atoms with Crippen molar-refractivity contribution in [2.75, 3.05) is 62.5 Å². The number of benzene rings is 3. The summed E-state index contributed by atoms with van der Waals surface area (Å²) >= 11 is 1.70. The van der Waals surface area contributed by atoms with E-state index in [4.69, 9.17) is 9.47 Å². The summed E-state index contributed by atoms with van der Waals surface area (Å²) in [6.45, 7) is 16.4. The van der Waals surface area contributed by atoms with Crippen LogP contribution in [0.3, 0.4) is 0 Å². The van der Waals surface area contributed by atoms with E-state index in [0.717, 1.165) is 71.8 Å². The molecule has 3 aliphatic heterocycles. The van der Waals surface area contributed by atoms with Gasteiger partial charge in [-0.2, -0.15) is 0 Å². The average Bonchev–Trinajstić information content (AvgIpc) is 4.01. The van der Waals surface area contributed by atoms with Crippen LogP contribution < -0.4 is 26.2 Å². The van der Waals surface area contributed by atoms with Crippen LogP contribution in [0.15, 0.2) is 137 Å². The summed E-state index contributed by atoms with van der Waals surface area (Å²) in [5.74, 6) is -1.17. The maximum absolute atomic E-state index is 13.6. The van der Waals surface area contributed by atoms with Crippen molar-refractivity contribution in [1.29, 1.82) is 0 Å². The molecule has 4 aliphatic rings. The number of sulfone groups is 1. The van der Waals surface area contributed by atoms with Gasteiger partial charge in [-0.1, -0.05) is 81.5 Å². The number of hydrogen-bond acceptors (Lipinski definition) is 14. The molecule has 0 bridgehead atoms.